The van der Waals surface area contributed by atoms with E-state index in [1.807, 2.05) is 18.5 Å². The molecule has 0 spiro atoms. The molecular formula is C11H15BrN2O2. The summed E-state index contributed by atoms with van der Waals surface area (Å²) in [5.74, 6) is -0.305. The lowest BCUT2D eigenvalue weighted by Gasteiger charge is -2.02. The van der Waals surface area contributed by atoms with E-state index in [-0.39, 0.29) is 5.97 Å². The molecule has 5 heteroatoms. The number of methoxy groups -OCH3 is 1. The second kappa shape index (κ2) is 5.30. The SMILES string of the molecule is COC(=O)C(C)=CCn1nc(C)c(Br)c1C. The number of carbonyl (C=O) groups is 1. The van der Waals surface area contributed by atoms with Crippen LogP contribution in [-0.2, 0) is 16.1 Å². The molecule has 1 rings (SSSR count). The Labute approximate surface area is 103 Å². The minimum atomic E-state index is -0.305. The number of hydrogen-bond acceptors (Lipinski definition) is 3. The van der Waals surface area contributed by atoms with Crippen LogP contribution in [0.5, 0.6) is 0 Å². The fourth-order valence-corrected chi connectivity index (χ4v) is 1.60. The van der Waals surface area contributed by atoms with Gasteiger partial charge < -0.3 is 4.74 Å². The average molecular weight is 287 g/mol. The van der Waals surface area contributed by atoms with Gasteiger partial charge in [-0.3, -0.25) is 4.68 Å². The molecule has 0 aromatic carbocycles. The Kier molecular flexibility index (Phi) is 4.29. The Morgan fingerprint density at radius 3 is 2.62 bits per heavy atom. The number of carbonyl (C=O) groups excluding carboxylic acids is 1. The van der Waals surface area contributed by atoms with Crippen molar-refractivity contribution in [1.82, 2.24) is 9.78 Å². The van der Waals surface area contributed by atoms with Gasteiger partial charge in [0.05, 0.1) is 29.5 Å². The van der Waals surface area contributed by atoms with Crippen LogP contribution in [0.4, 0.5) is 0 Å². The first-order chi connectivity index (χ1) is 7.47. The number of rotatable bonds is 3. The van der Waals surface area contributed by atoms with Crippen LogP contribution in [0.2, 0.25) is 0 Å². The molecule has 0 saturated carbocycles. The summed E-state index contributed by atoms with van der Waals surface area (Å²) >= 11 is 3.45. The molecule has 0 atom stereocenters. The van der Waals surface area contributed by atoms with Crippen molar-refractivity contribution in [3.8, 4) is 0 Å². The minimum Gasteiger partial charge on any atom is -0.466 e. The zero-order valence-corrected chi connectivity index (χ0v) is 11.5. The van der Waals surface area contributed by atoms with Crippen molar-refractivity contribution in [3.63, 3.8) is 0 Å². The zero-order chi connectivity index (χ0) is 12.3. The van der Waals surface area contributed by atoms with Gasteiger partial charge in [0.25, 0.3) is 0 Å². The summed E-state index contributed by atoms with van der Waals surface area (Å²) in [6.07, 6.45) is 1.80. The van der Waals surface area contributed by atoms with Crippen molar-refractivity contribution in [1.29, 1.82) is 0 Å². The van der Waals surface area contributed by atoms with Crippen molar-refractivity contribution in [2.24, 2.45) is 0 Å². The van der Waals surface area contributed by atoms with Gasteiger partial charge in [-0.25, -0.2) is 4.79 Å². The molecule has 0 N–H and O–H groups in total. The van der Waals surface area contributed by atoms with Gasteiger partial charge in [-0.1, -0.05) is 6.08 Å². The van der Waals surface area contributed by atoms with Crippen LogP contribution in [-0.4, -0.2) is 22.9 Å². The largest absolute Gasteiger partial charge is 0.466 e. The van der Waals surface area contributed by atoms with Crippen molar-refractivity contribution in [2.45, 2.75) is 27.3 Å². The second-order valence-corrected chi connectivity index (χ2v) is 4.34. The first-order valence-electron chi connectivity index (χ1n) is 4.92. The first kappa shape index (κ1) is 13.0. The number of hydrogen-bond donors (Lipinski definition) is 0. The molecule has 88 valence electrons. The smallest absolute Gasteiger partial charge is 0.333 e. The molecule has 16 heavy (non-hydrogen) atoms. The Morgan fingerprint density at radius 1 is 1.56 bits per heavy atom. The van der Waals surface area contributed by atoms with Crippen molar-refractivity contribution < 1.29 is 9.53 Å². The third kappa shape index (κ3) is 2.72. The van der Waals surface area contributed by atoms with Crippen LogP contribution >= 0.6 is 15.9 Å². The molecule has 0 fully saturated rings. The Morgan fingerprint density at radius 2 is 2.19 bits per heavy atom. The fourth-order valence-electron chi connectivity index (χ4n) is 1.32. The van der Waals surface area contributed by atoms with E-state index in [9.17, 15) is 4.79 Å². The molecule has 1 heterocycles. The van der Waals surface area contributed by atoms with Crippen molar-refractivity contribution in [2.75, 3.05) is 7.11 Å². The second-order valence-electron chi connectivity index (χ2n) is 3.55. The highest BCUT2D eigenvalue weighted by Gasteiger charge is 2.08. The van der Waals surface area contributed by atoms with Gasteiger partial charge in [0.2, 0.25) is 0 Å². The lowest BCUT2D eigenvalue weighted by atomic mass is 10.3. The van der Waals surface area contributed by atoms with E-state index >= 15 is 0 Å². The van der Waals surface area contributed by atoms with Crippen LogP contribution < -0.4 is 0 Å². The third-order valence-electron chi connectivity index (χ3n) is 2.37. The van der Waals surface area contributed by atoms with E-state index in [0.717, 1.165) is 15.9 Å². The van der Waals surface area contributed by atoms with Gasteiger partial charge in [-0.15, -0.1) is 0 Å². The predicted molar refractivity (Wildman–Crippen MR) is 65.2 cm³/mol. The Hall–Kier alpha value is -1.10. The number of ether oxygens (including phenoxy) is 1. The zero-order valence-electron chi connectivity index (χ0n) is 9.87. The van der Waals surface area contributed by atoms with Gasteiger partial charge >= 0.3 is 5.97 Å². The maximum Gasteiger partial charge on any atom is 0.333 e. The van der Waals surface area contributed by atoms with Gasteiger partial charge in [-0.05, 0) is 36.7 Å². The molecule has 1 aromatic rings. The van der Waals surface area contributed by atoms with Gasteiger partial charge in [0.15, 0.2) is 0 Å². The van der Waals surface area contributed by atoms with Crippen molar-refractivity contribution >= 4 is 21.9 Å². The van der Waals surface area contributed by atoms with Crippen LogP contribution in [0.3, 0.4) is 0 Å². The summed E-state index contributed by atoms with van der Waals surface area (Å²) < 4.78 is 7.46. The lowest BCUT2D eigenvalue weighted by molar-refractivity contribution is -0.136. The van der Waals surface area contributed by atoms with E-state index in [4.69, 9.17) is 0 Å². The highest BCUT2D eigenvalue weighted by Crippen LogP contribution is 2.19. The number of esters is 1. The molecule has 0 saturated heterocycles. The number of allylic oxidation sites excluding steroid dienone is 1. The van der Waals surface area contributed by atoms with Crippen LogP contribution in [0, 0.1) is 13.8 Å². The summed E-state index contributed by atoms with van der Waals surface area (Å²) in [4.78, 5) is 11.2. The Balaban J connectivity index is 2.82. The minimum absolute atomic E-state index is 0.305. The molecule has 0 unspecified atom stereocenters. The summed E-state index contributed by atoms with van der Waals surface area (Å²) in [5, 5.41) is 4.34. The monoisotopic (exact) mass is 286 g/mol. The standard InChI is InChI=1S/C11H15BrN2O2/c1-7(11(15)16-4)5-6-14-9(3)10(12)8(2)13-14/h5H,6H2,1-4H3. The van der Waals surface area contributed by atoms with E-state index < -0.39 is 0 Å². The molecule has 0 amide bonds. The molecule has 1 aromatic heterocycles. The molecule has 0 aliphatic carbocycles. The fraction of sp³-hybridized carbons (Fsp3) is 0.455. The first-order valence-corrected chi connectivity index (χ1v) is 5.71. The average Bonchev–Trinajstić information content (AvgIpc) is 2.52. The molecule has 0 bridgehead atoms. The van der Waals surface area contributed by atoms with Gasteiger partial charge in [-0.2, -0.15) is 5.10 Å². The van der Waals surface area contributed by atoms with Gasteiger partial charge in [0.1, 0.15) is 0 Å². The highest BCUT2D eigenvalue weighted by atomic mass is 79.9. The quantitative estimate of drug-likeness (QED) is 0.633. The summed E-state index contributed by atoms with van der Waals surface area (Å²) in [5.41, 5.74) is 2.58. The third-order valence-corrected chi connectivity index (χ3v) is 3.52. The molecule has 4 nitrogen and oxygen atoms in total. The number of aryl methyl sites for hydroxylation is 1. The molecule has 0 aliphatic rings. The Bertz CT molecular complexity index is 435. The summed E-state index contributed by atoms with van der Waals surface area (Å²) in [6, 6.07) is 0. The number of aromatic nitrogens is 2. The van der Waals surface area contributed by atoms with E-state index in [1.54, 1.807) is 13.0 Å². The molecule has 0 radical (unpaired) electrons. The molecular weight excluding hydrogens is 272 g/mol. The molecule has 0 aliphatic heterocycles. The highest BCUT2D eigenvalue weighted by molar-refractivity contribution is 9.10. The number of halogens is 1. The van der Waals surface area contributed by atoms with E-state index in [2.05, 4.69) is 25.8 Å². The van der Waals surface area contributed by atoms with Crippen LogP contribution in [0.25, 0.3) is 0 Å². The predicted octanol–water partition coefficient (Wildman–Crippen LogP) is 2.38. The topological polar surface area (TPSA) is 44.1 Å². The van der Waals surface area contributed by atoms with E-state index in [0.29, 0.717) is 12.1 Å². The maximum absolute atomic E-state index is 11.2. The van der Waals surface area contributed by atoms with Crippen molar-refractivity contribution in [3.05, 3.63) is 27.5 Å². The van der Waals surface area contributed by atoms with E-state index in [1.165, 1.54) is 7.11 Å². The lowest BCUT2D eigenvalue weighted by Crippen LogP contribution is -2.05. The van der Waals surface area contributed by atoms with Gasteiger partial charge in [0, 0.05) is 5.57 Å². The summed E-state index contributed by atoms with van der Waals surface area (Å²) in [6.45, 7) is 6.21. The summed E-state index contributed by atoms with van der Waals surface area (Å²) in [7, 11) is 1.37. The van der Waals surface area contributed by atoms with Crippen LogP contribution in [0.1, 0.15) is 18.3 Å². The van der Waals surface area contributed by atoms with Crippen LogP contribution in [0.15, 0.2) is 16.1 Å². The maximum atomic E-state index is 11.2. The normalized spacial score (nSPS) is 11.7. The number of nitrogens with zero attached hydrogens (tertiary/aromatic N) is 2.